The highest BCUT2D eigenvalue weighted by molar-refractivity contribution is 5.84. The van der Waals surface area contributed by atoms with Gasteiger partial charge in [0.2, 0.25) is 0 Å². The van der Waals surface area contributed by atoms with Crippen molar-refractivity contribution >= 4 is 16.7 Å². The molecule has 0 saturated carbocycles. The van der Waals surface area contributed by atoms with Crippen LogP contribution in [-0.4, -0.2) is 0 Å². The van der Waals surface area contributed by atoms with Crippen LogP contribution in [0, 0.1) is 44.0 Å². The fraction of sp³-hybridized carbons (Fsp3) is 0.0943. The van der Waals surface area contributed by atoms with Crippen molar-refractivity contribution in [3.63, 3.8) is 0 Å². The molecule has 57 heavy (non-hydrogen) atoms. The SMILES string of the molecule is C=C(/C=C(\C)c1cccc(-c2cc(C)cc(-c3ccccc3)c2)c1)c1cc(F)cc(F)c1.C=C(C)c1cc(F)cc(F)c1.Cc1ccccc1-c1ccccc1C. The minimum absolute atomic E-state index is 0.434. The number of halogens is 4. The maximum Gasteiger partial charge on any atom is 0.126 e. The van der Waals surface area contributed by atoms with Crippen molar-refractivity contribution in [3.05, 3.63) is 234 Å². The molecule has 0 heterocycles. The molecule has 0 aliphatic heterocycles. The van der Waals surface area contributed by atoms with Crippen molar-refractivity contribution in [2.24, 2.45) is 0 Å². The van der Waals surface area contributed by atoms with Gasteiger partial charge in [-0.3, -0.25) is 0 Å². The van der Waals surface area contributed by atoms with Gasteiger partial charge in [0.25, 0.3) is 0 Å². The molecule has 0 nitrogen and oxygen atoms in total. The standard InChI is InChI=1S/C30H24F2.C14H14.C9H8F2/c1-20-12-27(23-8-5-4-6-9-23)16-28(13-20)25-11-7-10-24(15-25)21(2)14-22(3)26-17-29(31)19-30(32)18-26;1-11-7-3-5-9-13(11)14-10-6-4-8-12(14)2;1-6(2)7-3-8(10)5-9(11)4-7/h4-19H,3H2,1-2H3;3-10H,1-2H3;3-5H,1H2,2H3/b21-14+;;. The van der Waals surface area contributed by atoms with Gasteiger partial charge in [0, 0.05) is 12.1 Å². The predicted molar refractivity (Wildman–Crippen MR) is 234 cm³/mol. The Morgan fingerprint density at radius 3 is 1.39 bits per heavy atom. The van der Waals surface area contributed by atoms with E-state index in [-0.39, 0.29) is 0 Å². The minimum atomic E-state index is -0.608. The Kier molecular flexibility index (Phi) is 14.2. The lowest BCUT2D eigenvalue weighted by atomic mass is 9.94. The van der Waals surface area contributed by atoms with Crippen LogP contribution in [0.15, 0.2) is 177 Å². The van der Waals surface area contributed by atoms with E-state index in [4.69, 9.17) is 0 Å². The summed E-state index contributed by atoms with van der Waals surface area (Å²) < 4.78 is 52.2. The van der Waals surface area contributed by atoms with E-state index in [0.717, 1.165) is 34.4 Å². The molecule has 0 amide bonds. The van der Waals surface area contributed by atoms with Gasteiger partial charge in [-0.2, -0.15) is 0 Å². The fourth-order valence-corrected chi connectivity index (χ4v) is 6.41. The predicted octanol–water partition coefficient (Wildman–Crippen LogP) is 15.7. The summed E-state index contributed by atoms with van der Waals surface area (Å²) in [7, 11) is 0. The smallest absolute Gasteiger partial charge is 0.126 e. The molecule has 7 aromatic carbocycles. The van der Waals surface area contributed by atoms with E-state index in [2.05, 4.69) is 125 Å². The van der Waals surface area contributed by atoms with Gasteiger partial charge in [-0.05, 0) is 149 Å². The van der Waals surface area contributed by atoms with E-state index in [1.54, 1.807) is 6.92 Å². The third kappa shape index (κ3) is 11.7. The van der Waals surface area contributed by atoms with Gasteiger partial charge in [-0.25, -0.2) is 17.6 Å². The van der Waals surface area contributed by atoms with Crippen LogP contribution in [0.4, 0.5) is 17.6 Å². The molecule has 7 aromatic rings. The second-order valence-electron chi connectivity index (χ2n) is 14.1. The van der Waals surface area contributed by atoms with Gasteiger partial charge in [0.1, 0.15) is 23.3 Å². The topological polar surface area (TPSA) is 0 Å². The van der Waals surface area contributed by atoms with Crippen LogP contribution in [0.25, 0.3) is 50.1 Å². The molecular weight excluding hydrogens is 713 g/mol. The first-order chi connectivity index (χ1) is 27.3. The first kappa shape index (κ1) is 41.6. The zero-order valence-electron chi connectivity index (χ0n) is 33.0. The van der Waals surface area contributed by atoms with Gasteiger partial charge in [0.05, 0.1) is 0 Å². The largest absolute Gasteiger partial charge is 0.207 e. The van der Waals surface area contributed by atoms with Gasteiger partial charge in [-0.15, -0.1) is 0 Å². The normalized spacial score (nSPS) is 10.8. The third-order valence-electron chi connectivity index (χ3n) is 9.40. The summed E-state index contributed by atoms with van der Waals surface area (Å²) in [5, 5.41) is 0. The molecule has 286 valence electrons. The van der Waals surface area contributed by atoms with Gasteiger partial charge < -0.3 is 0 Å². The van der Waals surface area contributed by atoms with E-state index in [1.807, 2.05) is 43.3 Å². The highest BCUT2D eigenvalue weighted by atomic mass is 19.1. The first-order valence-corrected chi connectivity index (χ1v) is 18.6. The average Bonchev–Trinajstić information content (AvgIpc) is 3.18. The molecule has 0 aliphatic rings. The summed E-state index contributed by atoms with van der Waals surface area (Å²) >= 11 is 0. The van der Waals surface area contributed by atoms with Crippen molar-refractivity contribution in [2.45, 2.75) is 34.6 Å². The highest BCUT2D eigenvalue weighted by Crippen LogP contribution is 2.31. The molecule has 0 spiro atoms. The summed E-state index contributed by atoms with van der Waals surface area (Å²) in [6.45, 7) is 17.7. The molecular formula is C53H46F4. The van der Waals surface area contributed by atoms with Crippen LogP contribution in [0.5, 0.6) is 0 Å². The van der Waals surface area contributed by atoms with Crippen molar-refractivity contribution in [1.29, 1.82) is 0 Å². The van der Waals surface area contributed by atoms with Gasteiger partial charge >= 0.3 is 0 Å². The lowest BCUT2D eigenvalue weighted by Gasteiger charge is -2.11. The van der Waals surface area contributed by atoms with E-state index in [1.165, 1.54) is 63.2 Å². The lowest BCUT2D eigenvalue weighted by Crippen LogP contribution is -1.88. The first-order valence-electron chi connectivity index (χ1n) is 18.6. The lowest BCUT2D eigenvalue weighted by molar-refractivity contribution is 0.582. The van der Waals surface area contributed by atoms with Crippen molar-refractivity contribution in [1.82, 2.24) is 0 Å². The van der Waals surface area contributed by atoms with Gasteiger partial charge in [-0.1, -0.05) is 134 Å². The summed E-state index contributed by atoms with van der Waals surface area (Å²) in [4.78, 5) is 0. The highest BCUT2D eigenvalue weighted by Gasteiger charge is 2.08. The maximum absolute atomic E-state index is 13.6. The van der Waals surface area contributed by atoms with E-state index in [9.17, 15) is 17.6 Å². The van der Waals surface area contributed by atoms with Crippen LogP contribution in [0.1, 0.15) is 47.2 Å². The molecule has 0 N–H and O–H groups in total. The quantitative estimate of drug-likeness (QED) is 0.112. The summed E-state index contributed by atoms with van der Waals surface area (Å²) in [5.74, 6) is -2.35. The molecule has 4 heteroatoms. The second-order valence-corrected chi connectivity index (χ2v) is 14.1. The van der Waals surface area contributed by atoms with Crippen LogP contribution in [0.2, 0.25) is 0 Å². The Labute approximate surface area is 334 Å². The number of rotatable bonds is 7. The third-order valence-corrected chi connectivity index (χ3v) is 9.40. The van der Waals surface area contributed by atoms with Crippen LogP contribution in [-0.2, 0) is 0 Å². The zero-order chi connectivity index (χ0) is 41.1. The zero-order valence-corrected chi connectivity index (χ0v) is 33.0. The van der Waals surface area contributed by atoms with Crippen LogP contribution >= 0.6 is 0 Å². The average molecular weight is 759 g/mol. The number of hydrogen-bond donors (Lipinski definition) is 0. The molecule has 0 fully saturated rings. The molecule has 0 radical (unpaired) electrons. The monoisotopic (exact) mass is 758 g/mol. The minimum Gasteiger partial charge on any atom is -0.207 e. The Hall–Kier alpha value is -6.52. The van der Waals surface area contributed by atoms with E-state index < -0.39 is 23.3 Å². The molecule has 7 rings (SSSR count). The van der Waals surface area contributed by atoms with Crippen LogP contribution < -0.4 is 0 Å². The Morgan fingerprint density at radius 2 is 0.877 bits per heavy atom. The molecule has 0 atom stereocenters. The molecule has 0 aromatic heterocycles. The van der Waals surface area contributed by atoms with Crippen molar-refractivity contribution < 1.29 is 17.6 Å². The summed E-state index contributed by atoms with van der Waals surface area (Å²) in [5.41, 5.74) is 15.3. The Balaban J connectivity index is 0.000000202. The molecule has 0 aliphatic carbocycles. The Morgan fingerprint density at radius 1 is 0.421 bits per heavy atom. The van der Waals surface area contributed by atoms with Crippen molar-refractivity contribution in [3.8, 4) is 33.4 Å². The van der Waals surface area contributed by atoms with Gasteiger partial charge in [0.15, 0.2) is 0 Å². The molecule has 0 bridgehead atoms. The second kappa shape index (κ2) is 19.4. The van der Waals surface area contributed by atoms with Crippen LogP contribution in [0.3, 0.4) is 0 Å². The summed E-state index contributed by atoms with van der Waals surface area (Å²) in [6.07, 6.45) is 1.86. The number of allylic oxidation sites excluding steroid dienone is 4. The summed E-state index contributed by atoms with van der Waals surface area (Å²) in [6, 6.07) is 49.0. The number of aryl methyl sites for hydroxylation is 3. The number of benzene rings is 7. The fourth-order valence-electron chi connectivity index (χ4n) is 6.41. The molecule has 0 unspecified atom stereocenters. The maximum atomic E-state index is 13.6. The van der Waals surface area contributed by atoms with E-state index >= 15 is 0 Å². The van der Waals surface area contributed by atoms with Crippen molar-refractivity contribution in [2.75, 3.05) is 0 Å². The Bertz CT molecular complexity index is 2460. The molecule has 0 saturated heterocycles. The van der Waals surface area contributed by atoms with E-state index in [0.29, 0.717) is 22.3 Å². The number of hydrogen-bond acceptors (Lipinski definition) is 0.